The van der Waals surface area contributed by atoms with Crippen molar-refractivity contribution in [3.8, 4) is 5.75 Å². The number of aromatic hydroxyl groups is 1. The molecule has 0 atom stereocenters. The lowest BCUT2D eigenvalue weighted by molar-refractivity contribution is 0.0694. The molecule has 0 aliphatic carbocycles. The zero-order valence-corrected chi connectivity index (χ0v) is 12.8. The molecule has 7 heteroatoms. The summed E-state index contributed by atoms with van der Waals surface area (Å²) in [7, 11) is 0. The summed E-state index contributed by atoms with van der Waals surface area (Å²) >= 11 is 2.09. The van der Waals surface area contributed by atoms with Crippen LogP contribution in [0.25, 0.3) is 0 Å². The van der Waals surface area contributed by atoms with Crippen molar-refractivity contribution in [1.82, 2.24) is 0 Å². The number of carboxylic acids is 1. The molecule has 0 saturated carbocycles. The number of benzene rings is 2. The summed E-state index contributed by atoms with van der Waals surface area (Å²) in [6.07, 6.45) is 0. The number of phenols is 1. The summed E-state index contributed by atoms with van der Waals surface area (Å²) < 4.78 is 0.884. The first kappa shape index (κ1) is 15.1. The van der Waals surface area contributed by atoms with Crippen LogP contribution in [-0.2, 0) is 0 Å². The molecule has 2 aromatic rings. The molecule has 0 saturated heterocycles. The lowest BCUT2D eigenvalue weighted by Gasteiger charge is -2.10. The molecule has 21 heavy (non-hydrogen) atoms. The molecule has 4 N–H and O–H groups in total. The van der Waals surface area contributed by atoms with Crippen LogP contribution in [0.1, 0.15) is 10.4 Å². The fourth-order valence-corrected chi connectivity index (χ4v) is 2.16. The van der Waals surface area contributed by atoms with Crippen LogP contribution < -0.4 is 10.6 Å². The van der Waals surface area contributed by atoms with E-state index in [-0.39, 0.29) is 5.56 Å². The Labute approximate surface area is 133 Å². The molecule has 0 radical (unpaired) electrons. The van der Waals surface area contributed by atoms with Gasteiger partial charge in [0, 0.05) is 15.3 Å². The average molecular weight is 398 g/mol. The molecular formula is C14H11IN2O4. The van der Waals surface area contributed by atoms with Gasteiger partial charge in [0.05, 0.1) is 5.69 Å². The van der Waals surface area contributed by atoms with Crippen molar-refractivity contribution in [2.45, 2.75) is 0 Å². The highest BCUT2D eigenvalue weighted by atomic mass is 127. The van der Waals surface area contributed by atoms with Gasteiger partial charge < -0.3 is 20.8 Å². The van der Waals surface area contributed by atoms with E-state index in [9.17, 15) is 14.7 Å². The summed E-state index contributed by atoms with van der Waals surface area (Å²) in [5.41, 5.74) is 0.724. The number of rotatable bonds is 3. The fourth-order valence-electron chi connectivity index (χ4n) is 1.64. The molecule has 2 aromatic carbocycles. The number of para-hydroxylation sites is 1. The fraction of sp³-hybridized carbons (Fsp3) is 0. The van der Waals surface area contributed by atoms with Crippen LogP contribution in [-0.4, -0.2) is 22.2 Å². The Balaban J connectivity index is 2.08. The monoisotopic (exact) mass is 398 g/mol. The topological polar surface area (TPSA) is 98.7 Å². The summed E-state index contributed by atoms with van der Waals surface area (Å²) in [6.45, 7) is 0. The SMILES string of the molecule is O=C(Nc1ccc(C(=O)O)c(O)c1)Nc1ccccc1I. The molecule has 2 rings (SSSR count). The van der Waals surface area contributed by atoms with Crippen LogP contribution >= 0.6 is 22.6 Å². The molecule has 6 nitrogen and oxygen atoms in total. The van der Waals surface area contributed by atoms with Gasteiger partial charge in [0.15, 0.2) is 0 Å². The number of carbonyl (C=O) groups is 2. The molecule has 0 aliphatic rings. The van der Waals surface area contributed by atoms with E-state index in [1.807, 2.05) is 12.1 Å². The molecular weight excluding hydrogens is 387 g/mol. The molecule has 0 heterocycles. The number of carboxylic acid groups (broad SMARTS) is 1. The van der Waals surface area contributed by atoms with Gasteiger partial charge in [-0.3, -0.25) is 0 Å². The van der Waals surface area contributed by atoms with Gasteiger partial charge >= 0.3 is 12.0 Å². The molecule has 0 bridgehead atoms. The van der Waals surface area contributed by atoms with Crippen LogP contribution in [0, 0.1) is 3.57 Å². The third-order valence-corrected chi connectivity index (χ3v) is 3.55. The van der Waals surface area contributed by atoms with Crippen molar-refractivity contribution in [2.75, 3.05) is 10.6 Å². The lowest BCUT2D eigenvalue weighted by atomic mass is 10.2. The van der Waals surface area contributed by atoms with Gasteiger partial charge in [0.2, 0.25) is 0 Å². The number of hydrogen-bond donors (Lipinski definition) is 4. The molecule has 0 aromatic heterocycles. The molecule has 108 valence electrons. The summed E-state index contributed by atoms with van der Waals surface area (Å²) in [5.74, 6) is -1.64. The maximum atomic E-state index is 11.8. The Hall–Kier alpha value is -2.29. The normalized spacial score (nSPS) is 9.95. The van der Waals surface area contributed by atoms with Crippen LogP contribution in [0.5, 0.6) is 5.75 Å². The van der Waals surface area contributed by atoms with E-state index >= 15 is 0 Å². The number of halogens is 1. The van der Waals surface area contributed by atoms with E-state index in [4.69, 9.17) is 5.11 Å². The van der Waals surface area contributed by atoms with Crippen LogP contribution in [0.15, 0.2) is 42.5 Å². The second kappa shape index (κ2) is 6.44. The largest absolute Gasteiger partial charge is 0.507 e. The Morgan fingerprint density at radius 3 is 2.38 bits per heavy atom. The maximum absolute atomic E-state index is 11.8. The van der Waals surface area contributed by atoms with Gasteiger partial charge in [-0.1, -0.05) is 12.1 Å². The van der Waals surface area contributed by atoms with Gasteiger partial charge in [-0.15, -0.1) is 0 Å². The van der Waals surface area contributed by atoms with Crippen LogP contribution in [0.4, 0.5) is 16.2 Å². The van der Waals surface area contributed by atoms with E-state index in [1.54, 1.807) is 12.1 Å². The molecule has 2 amide bonds. The van der Waals surface area contributed by atoms with Crippen LogP contribution in [0.3, 0.4) is 0 Å². The smallest absolute Gasteiger partial charge is 0.339 e. The van der Waals surface area contributed by atoms with E-state index in [2.05, 4.69) is 33.2 Å². The van der Waals surface area contributed by atoms with E-state index < -0.39 is 17.7 Å². The minimum Gasteiger partial charge on any atom is -0.507 e. The number of nitrogens with one attached hydrogen (secondary N) is 2. The second-order valence-electron chi connectivity index (χ2n) is 4.10. The Bertz CT molecular complexity index is 703. The molecule has 0 fully saturated rings. The highest BCUT2D eigenvalue weighted by Gasteiger charge is 2.11. The first-order chi connectivity index (χ1) is 9.97. The van der Waals surface area contributed by atoms with Crippen molar-refractivity contribution >= 4 is 46.0 Å². The zero-order valence-electron chi connectivity index (χ0n) is 10.6. The summed E-state index contributed by atoms with van der Waals surface area (Å²) in [4.78, 5) is 22.6. The van der Waals surface area contributed by atoms with Gasteiger partial charge in [0.1, 0.15) is 11.3 Å². The first-order valence-electron chi connectivity index (χ1n) is 5.86. The number of amides is 2. The third-order valence-electron chi connectivity index (χ3n) is 2.61. The molecule has 0 unspecified atom stereocenters. The van der Waals surface area contributed by atoms with E-state index in [1.165, 1.54) is 18.2 Å². The predicted octanol–water partition coefficient (Wildman–Crippen LogP) is 3.34. The maximum Gasteiger partial charge on any atom is 0.339 e. The predicted molar refractivity (Wildman–Crippen MR) is 86.9 cm³/mol. The Kier molecular flexibility index (Phi) is 4.63. The molecule has 0 spiro atoms. The van der Waals surface area contributed by atoms with Gasteiger partial charge in [-0.05, 0) is 46.9 Å². The third kappa shape index (κ3) is 3.85. The van der Waals surface area contributed by atoms with Crippen molar-refractivity contribution < 1.29 is 19.8 Å². The Morgan fingerprint density at radius 2 is 1.76 bits per heavy atom. The summed E-state index contributed by atoms with van der Waals surface area (Å²) in [5, 5.41) is 23.5. The number of anilines is 2. The van der Waals surface area contributed by atoms with Crippen molar-refractivity contribution in [2.24, 2.45) is 0 Å². The highest BCUT2D eigenvalue weighted by Crippen LogP contribution is 2.22. The quantitative estimate of drug-likeness (QED) is 0.596. The van der Waals surface area contributed by atoms with Gasteiger partial charge in [-0.25, -0.2) is 9.59 Å². The van der Waals surface area contributed by atoms with E-state index in [0.717, 1.165) is 3.57 Å². The van der Waals surface area contributed by atoms with Gasteiger partial charge in [0.25, 0.3) is 0 Å². The number of carbonyl (C=O) groups excluding carboxylic acids is 1. The lowest BCUT2D eigenvalue weighted by Crippen LogP contribution is -2.20. The number of aromatic carboxylic acids is 1. The van der Waals surface area contributed by atoms with Gasteiger partial charge in [-0.2, -0.15) is 0 Å². The number of hydrogen-bond acceptors (Lipinski definition) is 3. The van der Waals surface area contributed by atoms with Crippen molar-refractivity contribution in [3.05, 3.63) is 51.6 Å². The van der Waals surface area contributed by atoms with E-state index in [0.29, 0.717) is 11.4 Å². The minimum absolute atomic E-state index is 0.224. The first-order valence-corrected chi connectivity index (χ1v) is 6.94. The standard InChI is InChI=1S/C14H11IN2O4/c15-10-3-1-2-4-11(10)17-14(21)16-8-5-6-9(13(19)20)12(18)7-8/h1-7,18H,(H,19,20)(H2,16,17,21). The highest BCUT2D eigenvalue weighted by molar-refractivity contribution is 14.1. The van der Waals surface area contributed by atoms with Crippen molar-refractivity contribution in [1.29, 1.82) is 0 Å². The number of urea groups is 1. The second-order valence-corrected chi connectivity index (χ2v) is 5.26. The summed E-state index contributed by atoms with van der Waals surface area (Å²) in [6, 6.07) is 10.6. The zero-order chi connectivity index (χ0) is 15.4. The molecule has 0 aliphatic heterocycles. The average Bonchev–Trinajstić information content (AvgIpc) is 2.41. The minimum atomic E-state index is -1.23. The van der Waals surface area contributed by atoms with Crippen molar-refractivity contribution in [3.63, 3.8) is 0 Å². The van der Waals surface area contributed by atoms with Crippen LogP contribution in [0.2, 0.25) is 0 Å². The Morgan fingerprint density at radius 1 is 1.05 bits per heavy atom.